The molecule has 1 aromatic heterocycles. The second-order valence-electron chi connectivity index (χ2n) is 7.79. The van der Waals surface area contributed by atoms with Gasteiger partial charge in [-0.1, -0.05) is 54.2 Å². The molecule has 0 bridgehead atoms. The first-order valence-corrected chi connectivity index (χ1v) is 11.4. The van der Waals surface area contributed by atoms with Crippen molar-refractivity contribution in [1.82, 2.24) is 4.90 Å². The zero-order chi connectivity index (χ0) is 24.2. The zero-order valence-corrected chi connectivity index (χ0v) is 19.1. The van der Waals surface area contributed by atoms with E-state index in [1.54, 1.807) is 54.4 Å². The fraction of sp³-hybridized carbons (Fsp3) is 0.200. The van der Waals surface area contributed by atoms with E-state index in [4.69, 9.17) is 4.42 Å². The number of anilines is 1. The number of hydrogen-bond donors (Lipinski definition) is 1. The third-order valence-electron chi connectivity index (χ3n) is 5.51. The molecule has 9 heteroatoms. The predicted molar refractivity (Wildman–Crippen MR) is 129 cm³/mol. The number of nitriles is 1. The van der Waals surface area contributed by atoms with Crippen LogP contribution < -0.4 is 10.5 Å². The van der Waals surface area contributed by atoms with Crippen LogP contribution in [-0.4, -0.2) is 46.5 Å². The lowest BCUT2D eigenvalue weighted by Gasteiger charge is -2.23. The van der Waals surface area contributed by atoms with Gasteiger partial charge in [0.1, 0.15) is 17.6 Å². The lowest BCUT2D eigenvalue weighted by atomic mass is 10.1. The molecule has 4 rings (SSSR count). The number of carbonyl (C=O) groups is 2. The normalized spacial score (nSPS) is 15.4. The SMILES string of the molecule is CN(CCN1C(=O)SC(Cc2cccc(O)c2)C1=O)c1cc(-c2ccccc2)oc(=O)c1C#N. The Kier molecular flexibility index (Phi) is 6.70. The van der Waals surface area contributed by atoms with Gasteiger partial charge in [-0.05, 0) is 24.1 Å². The van der Waals surface area contributed by atoms with Gasteiger partial charge in [0.15, 0.2) is 5.56 Å². The van der Waals surface area contributed by atoms with Gasteiger partial charge >= 0.3 is 5.63 Å². The number of aromatic hydroxyl groups is 1. The van der Waals surface area contributed by atoms with Crippen LogP contribution >= 0.6 is 11.8 Å². The summed E-state index contributed by atoms with van der Waals surface area (Å²) in [4.78, 5) is 40.6. The van der Waals surface area contributed by atoms with E-state index in [0.29, 0.717) is 23.4 Å². The van der Waals surface area contributed by atoms with Crippen LogP contribution in [0.1, 0.15) is 11.1 Å². The summed E-state index contributed by atoms with van der Waals surface area (Å²) in [6, 6.07) is 19.2. The zero-order valence-electron chi connectivity index (χ0n) is 18.3. The van der Waals surface area contributed by atoms with E-state index in [0.717, 1.165) is 17.3 Å². The Labute approximate surface area is 200 Å². The Bertz CT molecular complexity index is 1330. The van der Waals surface area contributed by atoms with Crippen LogP contribution in [0.15, 0.2) is 69.9 Å². The highest BCUT2D eigenvalue weighted by atomic mass is 32.2. The third-order valence-corrected chi connectivity index (χ3v) is 6.58. The summed E-state index contributed by atoms with van der Waals surface area (Å²) in [5.41, 5.74) is 0.925. The fourth-order valence-electron chi connectivity index (χ4n) is 3.73. The quantitative estimate of drug-likeness (QED) is 0.551. The van der Waals surface area contributed by atoms with E-state index in [1.165, 1.54) is 4.90 Å². The Morgan fingerprint density at radius 3 is 2.59 bits per heavy atom. The van der Waals surface area contributed by atoms with Crippen molar-refractivity contribution in [3.63, 3.8) is 0 Å². The Morgan fingerprint density at radius 1 is 1.12 bits per heavy atom. The van der Waals surface area contributed by atoms with Gasteiger partial charge in [0.25, 0.3) is 5.24 Å². The molecule has 1 N–H and O–H groups in total. The highest BCUT2D eigenvalue weighted by molar-refractivity contribution is 8.15. The van der Waals surface area contributed by atoms with E-state index in [2.05, 4.69) is 0 Å². The number of thioether (sulfide) groups is 1. The number of benzene rings is 2. The van der Waals surface area contributed by atoms with Crippen molar-refractivity contribution in [2.45, 2.75) is 11.7 Å². The smallest absolute Gasteiger partial charge is 0.356 e. The van der Waals surface area contributed by atoms with Crippen molar-refractivity contribution >= 4 is 28.6 Å². The number of imide groups is 1. The highest BCUT2D eigenvalue weighted by Crippen LogP contribution is 2.31. The van der Waals surface area contributed by atoms with Crippen molar-refractivity contribution in [2.24, 2.45) is 0 Å². The molecule has 0 aliphatic carbocycles. The molecular weight excluding hydrogens is 454 g/mol. The Morgan fingerprint density at radius 2 is 1.88 bits per heavy atom. The molecule has 172 valence electrons. The molecule has 2 heterocycles. The maximum Gasteiger partial charge on any atom is 0.356 e. The van der Waals surface area contributed by atoms with Crippen molar-refractivity contribution in [3.8, 4) is 23.1 Å². The number of hydrogen-bond acceptors (Lipinski definition) is 8. The lowest BCUT2D eigenvalue weighted by molar-refractivity contribution is -0.126. The molecule has 1 atom stereocenters. The Balaban J connectivity index is 1.49. The number of phenolic OH excluding ortho intramolecular Hbond substituents is 1. The summed E-state index contributed by atoms with van der Waals surface area (Å²) in [6.07, 6.45) is 0.328. The van der Waals surface area contributed by atoms with E-state index < -0.39 is 10.9 Å². The number of rotatable bonds is 7. The fourth-order valence-corrected chi connectivity index (χ4v) is 4.78. The topological polar surface area (TPSA) is 115 Å². The molecule has 8 nitrogen and oxygen atoms in total. The number of phenols is 1. The van der Waals surface area contributed by atoms with Crippen LogP contribution in [0.2, 0.25) is 0 Å². The van der Waals surface area contributed by atoms with Crippen molar-refractivity contribution < 1.29 is 19.1 Å². The minimum absolute atomic E-state index is 0.101. The van der Waals surface area contributed by atoms with Gasteiger partial charge in [0.2, 0.25) is 5.91 Å². The molecular formula is C25H21N3O5S. The lowest BCUT2D eigenvalue weighted by Crippen LogP contribution is -2.38. The number of nitrogens with zero attached hydrogens (tertiary/aromatic N) is 3. The summed E-state index contributed by atoms with van der Waals surface area (Å²) in [5, 5.41) is 18.2. The molecule has 34 heavy (non-hydrogen) atoms. The van der Waals surface area contributed by atoms with E-state index >= 15 is 0 Å². The van der Waals surface area contributed by atoms with Crippen LogP contribution in [0.4, 0.5) is 10.5 Å². The second kappa shape index (κ2) is 9.85. The van der Waals surface area contributed by atoms with Crippen LogP contribution in [0.25, 0.3) is 11.3 Å². The summed E-state index contributed by atoms with van der Waals surface area (Å²) in [5.74, 6) is 0.125. The predicted octanol–water partition coefficient (Wildman–Crippen LogP) is 3.63. The van der Waals surface area contributed by atoms with Crippen LogP contribution in [0.3, 0.4) is 0 Å². The molecule has 2 amide bonds. The van der Waals surface area contributed by atoms with Crippen LogP contribution in [-0.2, 0) is 11.2 Å². The van der Waals surface area contributed by atoms with Crippen LogP contribution in [0.5, 0.6) is 5.75 Å². The monoisotopic (exact) mass is 475 g/mol. The molecule has 3 aromatic rings. The average Bonchev–Trinajstić information content (AvgIpc) is 3.09. The summed E-state index contributed by atoms with van der Waals surface area (Å²) in [7, 11) is 1.69. The number of likely N-dealkylation sites (N-methyl/N-ethyl adjacent to an activating group) is 1. The first-order chi connectivity index (χ1) is 16.4. The minimum atomic E-state index is -0.749. The van der Waals surface area contributed by atoms with Gasteiger partial charge in [-0.25, -0.2) is 4.79 Å². The molecule has 0 spiro atoms. The molecule has 1 fully saturated rings. The standard InChI is InChI=1S/C25H21N3O5S/c1-27(20-14-21(17-7-3-2-4-8-17)33-24(31)19(20)15-26)10-11-28-23(30)22(34-25(28)32)13-16-6-5-9-18(29)12-16/h2-9,12,14,22,29H,10-11,13H2,1H3. The molecule has 1 aliphatic rings. The van der Waals surface area contributed by atoms with E-state index in [1.807, 2.05) is 24.3 Å². The first-order valence-electron chi connectivity index (χ1n) is 10.5. The molecule has 0 radical (unpaired) electrons. The van der Waals surface area contributed by atoms with Gasteiger partial charge < -0.3 is 14.4 Å². The first kappa shape index (κ1) is 23.1. The maximum absolute atomic E-state index is 12.9. The number of amides is 2. The Hall–Kier alpha value is -4.03. The summed E-state index contributed by atoms with van der Waals surface area (Å²) < 4.78 is 5.32. The van der Waals surface area contributed by atoms with Crippen molar-refractivity contribution in [2.75, 3.05) is 25.0 Å². The third kappa shape index (κ3) is 4.82. The van der Waals surface area contributed by atoms with Gasteiger partial charge in [-0.2, -0.15) is 5.26 Å². The molecule has 2 aromatic carbocycles. The van der Waals surface area contributed by atoms with Crippen molar-refractivity contribution in [1.29, 1.82) is 5.26 Å². The summed E-state index contributed by atoms with van der Waals surface area (Å²) in [6.45, 7) is 0.326. The van der Waals surface area contributed by atoms with E-state index in [-0.39, 0.29) is 35.5 Å². The van der Waals surface area contributed by atoms with E-state index in [9.17, 15) is 24.8 Å². The molecule has 1 unspecified atom stereocenters. The van der Waals surface area contributed by atoms with Crippen LogP contribution in [0, 0.1) is 11.3 Å². The van der Waals surface area contributed by atoms with Crippen molar-refractivity contribution in [3.05, 3.63) is 82.2 Å². The molecule has 0 saturated carbocycles. The van der Waals surface area contributed by atoms with Gasteiger partial charge in [0.05, 0.1) is 10.9 Å². The highest BCUT2D eigenvalue weighted by Gasteiger charge is 2.39. The minimum Gasteiger partial charge on any atom is -0.508 e. The second-order valence-corrected chi connectivity index (χ2v) is 8.95. The maximum atomic E-state index is 12.9. The van der Waals surface area contributed by atoms with Gasteiger partial charge in [-0.3, -0.25) is 14.5 Å². The average molecular weight is 476 g/mol. The molecule has 1 saturated heterocycles. The summed E-state index contributed by atoms with van der Waals surface area (Å²) >= 11 is 0.960. The van der Waals surface area contributed by atoms with Gasteiger partial charge in [-0.15, -0.1) is 0 Å². The number of carbonyl (C=O) groups excluding carboxylic acids is 2. The largest absolute Gasteiger partial charge is 0.508 e. The molecule has 1 aliphatic heterocycles. The van der Waals surface area contributed by atoms with Gasteiger partial charge in [0, 0.05) is 31.8 Å².